The molecule has 1 nitrogen and oxygen atoms in total. The number of benzene rings is 3. The maximum atomic E-state index is 14.0. The summed E-state index contributed by atoms with van der Waals surface area (Å²) in [6, 6.07) is 21.4. The van der Waals surface area contributed by atoms with Crippen molar-refractivity contribution in [2.45, 2.75) is 17.4 Å². The first-order valence-corrected chi connectivity index (χ1v) is 8.76. The van der Waals surface area contributed by atoms with Crippen LogP contribution in [-0.2, 0) is 4.32 Å². The van der Waals surface area contributed by atoms with Crippen molar-refractivity contribution < 1.29 is 17.9 Å². The second-order valence-corrected chi connectivity index (χ2v) is 7.15. The molecule has 0 aliphatic carbocycles. The van der Waals surface area contributed by atoms with Crippen LogP contribution in [0.1, 0.15) is 16.7 Å². The number of hydrogen-bond donors (Lipinski definition) is 0. The third kappa shape index (κ3) is 3.63. The van der Waals surface area contributed by atoms with Crippen molar-refractivity contribution in [2.24, 2.45) is 0 Å². The zero-order valence-electron chi connectivity index (χ0n) is 13.9. The number of ether oxygens (including phenoxy) is 1. The minimum absolute atomic E-state index is 0.0935. The van der Waals surface area contributed by atoms with Gasteiger partial charge in [-0.2, -0.15) is 13.2 Å². The van der Waals surface area contributed by atoms with Crippen molar-refractivity contribution in [3.63, 3.8) is 0 Å². The average Bonchev–Trinajstić information content (AvgIpc) is 2.61. The smallest absolute Gasteiger partial charge is 0.411 e. The first kappa shape index (κ1) is 18.5. The fourth-order valence-corrected chi connectivity index (χ4v) is 3.24. The molecule has 3 rings (SSSR count). The highest BCUT2D eigenvalue weighted by Crippen LogP contribution is 2.51. The Morgan fingerprint density at radius 2 is 1.35 bits per heavy atom. The Kier molecular flexibility index (Phi) is 5.10. The van der Waals surface area contributed by atoms with Crippen LogP contribution in [0.25, 0.3) is 0 Å². The highest BCUT2D eigenvalue weighted by molar-refractivity contribution is 9.09. The van der Waals surface area contributed by atoms with Crippen LogP contribution in [0.15, 0.2) is 78.9 Å². The standard InChI is InChI=1S/C21H16BrF3O/c1-15-6-5-7-17(14-15)20(22,21(23,24)25)16-10-12-19(13-11-16)26-18-8-3-2-4-9-18/h2-14H,1H3. The summed E-state index contributed by atoms with van der Waals surface area (Å²) in [4.78, 5) is 0. The van der Waals surface area contributed by atoms with Gasteiger partial charge in [-0.15, -0.1) is 0 Å². The first-order valence-electron chi connectivity index (χ1n) is 7.97. The number of alkyl halides is 4. The van der Waals surface area contributed by atoms with Crippen LogP contribution in [0.5, 0.6) is 11.5 Å². The summed E-state index contributed by atoms with van der Waals surface area (Å²) in [5.74, 6) is 1.10. The molecule has 0 saturated carbocycles. The van der Waals surface area contributed by atoms with Gasteiger partial charge in [0.25, 0.3) is 0 Å². The molecule has 0 heterocycles. The number of hydrogen-bond acceptors (Lipinski definition) is 1. The summed E-state index contributed by atoms with van der Waals surface area (Å²) < 4.78 is 45.3. The Morgan fingerprint density at radius 1 is 0.731 bits per heavy atom. The minimum atomic E-state index is -4.51. The van der Waals surface area contributed by atoms with Crippen LogP contribution >= 0.6 is 15.9 Å². The van der Waals surface area contributed by atoms with E-state index in [1.807, 2.05) is 18.2 Å². The molecule has 0 N–H and O–H groups in total. The summed E-state index contributed by atoms with van der Waals surface area (Å²) in [5.41, 5.74) is 0.998. The third-order valence-electron chi connectivity index (χ3n) is 4.04. The molecule has 0 spiro atoms. The molecule has 3 aromatic rings. The molecule has 1 unspecified atom stereocenters. The fraction of sp³-hybridized carbons (Fsp3) is 0.143. The number of rotatable bonds is 4. The molecular formula is C21H16BrF3O. The van der Waals surface area contributed by atoms with Gasteiger partial charge >= 0.3 is 6.18 Å². The number of para-hydroxylation sites is 1. The van der Waals surface area contributed by atoms with E-state index in [1.54, 1.807) is 43.3 Å². The minimum Gasteiger partial charge on any atom is -0.457 e. The molecule has 134 valence electrons. The maximum absolute atomic E-state index is 14.0. The summed E-state index contributed by atoms with van der Waals surface area (Å²) in [7, 11) is 0. The maximum Gasteiger partial charge on any atom is 0.411 e. The van der Waals surface area contributed by atoms with E-state index in [0.717, 1.165) is 5.56 Å². The number of aryl methyl sites for hydroxylation is 1. The molecule has 0 radical (unpaired) electrons. The van der Waals surface area contributed by atoms with Gasteiger partial charge in [-0.05, 0) is 42.3 Å². The van der Waals surface area contributed by atoms with E-state index >= 15 is 0 Å². The van der Waals surface area contributed by atoms with E-state index in [4.69, 9.17) is 4.74 Å². The second kappa shape index (κ2) is 7.16. The van der Waals surface area contributed by atoms with E-state index in [9.17, 15) is 13.2 Å². The molecule has 3 aromatic carbocycles. The van der Waals surface area contributed by atoms with E-state index in [2.05, 4.69) is 15.9 Å². The molecule has 0 aliphatic rings. The molecule has 26 heavy (non-hydrogen) atoms. The van der Waals surface area contributed by atoms with E-state index in [-0.39, 0.29) is 11.1 Å². The summed E-state index contributed by atoms with van der Waals surface area (Å²) >= 11 is 2.98. The predicted octanol–water partition coefficient (Wildman–Crippen LogP) is 6.99. The highest BCUT2D eigenvalue weighted by atomic mass is 79.9. The molecule has 0 aromatic heterocycles. The molecule has 0 bridgehead atoms. The summed E-state index contributed by atoms with van der Waals surface area (Å²) in [5, 5.41) is 0. The van der Waals surface area contributed by atoms with Crippen molar-refractivity contribution in [3.05, 3.63) is 95.6 Å². The monoisotopic (exact) mass is 420 g/mol. The Morgan fingerprint density at radius 3 is 1.92 bits per heavy atom. The summed E-state index contributed by atoms with van der Waals surface area (Å²) in [6.07, 6.45) is -4.51. The predicted molar refractivity (Wildman–Crippen MR) is 99.9 cm³/mol. The van der Waals surface area contributed by atoms with Crippen molar-refractivity contribution >= 4 is 15.9 Å². The van der Waals surface area contributed by atoms with Gasteiger partial charge in [0.05, 0.1) is 0 Å². The first-order chi connectivity index (χ1) is 12.3. The van der Waals surface area contributed by atoms with Crippen LogP contribution in [0.4, 0.5) is 13.2 Å². The Hall–Kier alpha value is -2.27. The second-order valence-electron chi connectivity index (χ2n) is 5.97. The zero-order chi connectivity index (χ0) is 18.8. The van der Waals surface area contributed by atoms with Crippen molar-refractivity contribution in [1.82, 2.24) is 0 Å². The SMILES string of the molecule is Cc1cccc(C(Br)(c2ccc(Oc3ccccc3)cc2)C(F)(F)F)c1. The molecule has 0 amide bonds. The van der Waals surface area contributed by atoms with E-state index in [0.29, 0.717) is 11.5 Å². The quantitative estimate of drug-likeness (QED) is 0.413. The van der Waals surface area contributed by atoms with Crippen LogP contribution < -0.4 is 4.74 Å². The van der Waals surface area contributed by atoms with Gasteiger partial charge in [0.1, 0.15) is 11.5 Å². The van der Waals surface area contributed by atoms with Crippen molar-refractivity contribution in [1.29, 1.82) is 0 Å². The molecular weight excluding hydrogens is 405 g/mol. The third-order valence-corrected chi connectivity index (χ3v) is 5.40. The highest BCUT2D eigenvalue weighted by Gasteiger charge is 2.55. The van der Waals surface area contributed by atoms with Gasteiger partial charge in [-0.25, -0.2) is 0 Å². The van der Waals surface area contributed by atoms with Crippen LogP contribution in [0.3, 0.4) is 0 Å². The topological polar surface area (TPSA) is 9.23 Å². The van der Waals surface area contributed by atoms with Crippen molar-refractivity contribution in [3.8, 4) is 11.5 Å². The van der Waals surface area contributed by atoms with Crippen molar-refractivity contribution in [2.75, 3.05) is 0 Å². The lowest BCUT2D eigenvalue weighted by atomic mass is 9.89. The molecule has 0 fully saturated rings. The Bertz CT molecular complexity index is 876. The normalized spacial score (nSPS) is 13.9. The van der Waals surface area contributed by atoms with Gasteiger partial charge in [-0.1, -0.05) is 76.1 Å². The molecule has 0 aliphatic heterocycles. The fourth-order valence-electron chi connectivity index (χ4n) is 2.73. The lowest BCUT2D eigenvalue weighted by molar-refractivity contribution is -0.149. The van der Waals surface area contributed by atoms with Gasteiger partial charge in [0.15, 0.2) is 4.32 Å². The van der Waals surface area contributed by atoms with E-state index in [1.165, 1.54) is 24.3 Å². The lowest BCUT2D eigenvalue weighted by Crippen LogP contribution is -2.37. The molecule has 1 atom stereocenters. The van der Waals surface area contributed by atoms with Gasteiger partial charge in [0, 0.05) is 0 Å². The van der Waals surface area contributed by atoms with E-state index < -0.39 is 10.5 Å². The summed E-state index contributed by atoms with van der Waals surface area (Å²) in [6.45, 7) is 1.77. The van der Waals surface area contributed by atoms with Crippen LogP contribution in [0.2, 0.25) is 0 Å². The number of halogens is 4. The molecule has 5 heteroatoms. The Balaban J connectivity index is 1.98. The van der Waals surface area contributed by atoms with Gasteiger partial charge in [-0.3, -0.25) is 0 Å². The van der Waals surface area contributed by atoms with Gasteiger partial charge < -0.3 is 4.74 Å². The molecule has 0 saturated heterocycles. The Labute approximate surface area is 158 Å². The van der Waals surface area contributed by atoms with Crippen LogP contribution in [0, 0.1) is 6.92 Å². The average molecular weight is 421 g/mol. The zero-order valence-corrected chi connectivity index (χ0v) is 15.5. The largest absolute Gasteiger partial charge is 0.457 e. The van der Waals surface area contributed by atoms with Gasteiger partial charge in [0.2, 0.25) is 0 Å². The lowest BCUT2D eigenvalue weighted by Gasteiger charge is -2.31. The van der Waals surface area contributed by atoms with Crippen LogP contribution in [-0.4, -0.2) is 6.18 Å².